The highest BCUT2D eigenvalue weighted by molar-refractivity contribution is 5.94. The average Bonchev–Trinajstić information content (AvgIpc) is 2.61. The first-order valence-electron chi connectivity index (χ1n) is 8.87. The largest absolute Gasteiger partial charge is 0.491 e. The van der Waals surface area contributed by atoms with Crippen molar-refractivity contribution >= 4 is 11.7 Å². The van der Waals surface area contributed by atoms with Crippen LogP contribution in [0.15, 0.2) is 30.5 Å². The van der Waals surface area contributed by atoms with Gasteiger partial charge in [-0.15, -0.1) is 0 Å². The topological polar surface area (TPSA) is 63.2 Å². The molecule has 130 valence electrons. The first-order valence-corrected chi connectivity index (χ1v) is 8.87. The number of aryl methyl sites for hydroxylation is 2. The zero-order valence-corrected chi connectivity index (χ0v) is 14.6. The van der Waals surface area contributed by atoms with Gasteiger partial charge in [0.2, 0.25) is 0 Å². The fourth-order valence-corrected chi connectivity index (χ4v) is 3.47. The fourth-order valence-electron chi connectivity index (χ4n) is 3.47. The molecule has 0 spiro atoms. The van der Waals surface area contributed by atoms with E-state index in [4.69, 9.17) is 4.74 Å². The Balaban J connectivity index is 1.45. The van der Waals surface area contributed by atoms with Gasteiger partial charge in [-0.05, 0) is 61.9 Å². The summed E-state index contributed by atoms with van der Waals surface area (Å²) < 4.78 is 5.82. The molecule has 5 nitrogen and oxygen atoms in total. The quantitative estimate of drug-likeness (QED) is 0.884. The first-order chi connectivity index (χ1) is 12.1. The molecule has 1 amide bonds. The number of pyridine rings is 1. The number of hydrogen-bond donors (Lipinski definition) is 2. The number of rotatable bonds is 2. The van der Waals surface area contributed by atoms with Gasteiger partial charge in [0, 0.05) is 12.2 Å². The Hall–Kier alpha value is -2.56. The molecule has 0 saturated carbocycles. The van der Waals surface area contributed by atoms with Gasteiger partial charge in [-0.3, -0.25) is 4.79 Å². The summed E-state index contributed by atoms with van der Waals surface area (Å²) in [6.45, 7) is 4.70. The minimum atomic E-state index is -0.0851. The zero-order valence-electron chi connectivity index (χ0n) is 14.6. The molecule has 2 aliphatic heterocycles. The molecule has 0 saturated heterocycles. The van der Waals surface area contributed by atoms with Gasteiger partial charge >= 0.3 is 0 Å². The van der Waals surface area contributed by atoms with E-state index in [9.17, 15) is 4.79 Å². The first kappa shape index (κ1) is 15.9. The standard InChI is InChI=1S/C20H23N3O2/c1-12-3-5-14-9-17(11-25-18(14)7-12)23-20(24)16-8-15-6-4-13(2)22-19(15)21-10-16/h3,5,7-8,10,13,17H,4,6,9,11H2,1-2H3,(H,21,22)(H,23,24)/t13-,17+/m0/s1. The SMILES string of the molecule is Cc1ccc2c(c1)OC[C@H](NC(=O)c1cnc3c(c1)CC[C@H](C)N3)C2. The van der Waals surface area contributed by atoms with Crippen molar-refractivity contribution in [1.29, 1.82) is 0 Å². The summed E-state index contributed by atoms with van der Waals surface area (Å²) in [6, 6.07) is 8.58. The van der Waals surface area contributed by atoms with E-state index in [-0.39, 0.29) is 11.9 Å². The molecule has 5 heteroatoms. The highest BCUT2D eigenvalue weighted by Gasteiger charge is 2.23. The van der Waals surface area contributed by atoms with Crippen molar-refractivity contribution in [3.05, 3.63) is 52.7 Å². The van der Waals surface area contributed by atoms with Crippen LogP contribution in [-0.2, 0) is 12.8 Å². The lowest BCUT2D eigenvalue weighted by Gasteiger charge is -2.27. The van der Waals surface area contributed by atoms with E-state index in [1.54, 1.807) is 6.20 Å². The third kappa shape index (κ3) is 3.31. The van der Waals surface area contributed by atoms with Gasteiger partial charge in [-0.25, -0.2) is 4.98 Å². The number of anilines is 1. The monoisotopic (exact) mass is 337 g/mol. The number of amides is 1. The molecule has 0 unspecified atom stereocenters. The van der Waals surface area contributed by atoms with Crippen molar-refractivity contribution < 1.29 is 9.53 Å². The number of aromatic nitrogens is 1. The van der Waals surface area contributed by atoms with Crippen LogP contribution in [-0.4, -0.2) is 29.6 Å². The summed E-state index contributed by atoms with van der Waals surface area (Å²) in [7, 11) is 0. The van der Waals surface area contributed by atoms with E-state index in [2.05, 4.69) is 47.7 Å². The molecule has 1 aromatic heterocycles. The van der Waals surface area contributed by atoms with Crippen LogP contribution >= 0.6 is 0 Å². The van der Waals surface area contributed by atoms with Gasteiger partial charge in [0.1, 0.15) is 18.2 Å². The predicted molar refractivity (Wildman–Crippen MR) is 97.3 cm³/mol. The van der Waals surface area contributed by atoms with Crippen LogP contribution < -0.4 is 15.4 Å². The average molecular weight is 337 g/mol. The third-order valence-electron chi connectivity index (χ3n) is 4.92. The molecule has 0 fully saturated rings. The van der Waals surface area contributed by atoms with E-state index < -0.39 is 0 Å². The van der Waals surface area contributed by atoms with E-state index >= 15 is 0 Å². The van der Waals surface area contributed by atoms with Crippen molar-refractivity contribution in [1.82, 2.24) is 10.3 Å². The van der Waals surface area contributed by atoms with Crippen molar-refractivity contribution in [2.45, 2.75) is 45.2 Å². The number of nitrogens with zero attached hydrogens (tertiary/aromatic N) is 1. The smallest absolute Gasteiger partial charge is 0.253 e. The number of hydrogen-bond acceptors (Lipinski definition) is 4. The van der Waals surface area contributed by atoms with Crippen LogP contribution in [0.2, 0.25) is 0 Å². The zero-order chi connectivity index (χ0) is 17.4. The fraction of sp³-hybridized carbons (Fsp3) is 0.400. The second-order valence-corrected chi connectivity index (χ2v) is 7.11. The van der Waals surface area contributed by atoms with E-state index in [0.717, 1.165) is 42.0 Å². The van der Waals surface area contributed by atoms with Gasteiger partial charge in [-0.1, -0.05) is 12.1 Å². The van der Waals surface area contributed by atoms with Crippen LogP contribution in [0.5, 0.6) is 5.75 Å². The Labute approximate surface area is 147 Å². The van der Waals surface area contributed by atoms with Crippen molar-refractivity contribution in [3.8, 4) is 5.75 Å². The minimum absolute atomic E-state index is 0.0168. The highest BCUT2D eigenvalue weighted by atomic mass is 16.5. The maximum absolute atomic E-state index is 12.6. The molecule has 25 heavy (non-hydrogen) atoms. The van der Waals surface area contributed by atoms with Crippen molar-refractivity contribution in [2.24, 2.45) is 0 Å². The summed E-state index contributed by atoms with van der Waals surface area (Å²) >= 11 is 0. The lowest BCUT2D eigenvalue weighted by Crippen LogP contribution is -2.42. The molecule has 0 aliphatic carbocycles. The summed E-state index contributed by atoms with van der Waals surface area (Å²) in [4.78, 5) is 17.0. The summed E-state index contributed by atoms with van der Waals surface area (Å²) in [5.74, 6) is 1.75. The van der Waals surface area contributed by atoms with Gasteiger partial charge in [0.05, 0.1) is 11.6 Å². The number of ether oxygens (including phenoxy) is 1. The number of benzene rings is 1. The van der Waals surface area contributed by atoms with Gasteiger partial charge < -0.3 is 15.4 Å². The summed E-state index contributed by atoms with van der Waals surface area (Å²) in [6.07, 6.45) is 4.46. The highest BCUT2D eigenvalue weighted by Crippen LogP contribution is 2.26. The Morgan fingerprint density at radius 3 is 3.08 bits per heavy atom. The second-order valence-electron chi connectivity index (χ2n) is 7.11. The normalized spacial score (nSPS) is 21.4. The molecule has 0 bridgehead atoms. The van der Waals surface area contributed by atoms with Crippen LogP contribution in [0.25, 0.3) is 0 Å². The predicted octanol–water partition coefficient (Wildman–Crippen LogP) is 2.87. The van der Waals surface area contributed by atoms with Crippen LogP contribution in [0, 0.1) is 6.92 Å². The van der Waals surface area contributed by atoms with Gasteiger partial charge in [0.15, 0.2) is 0 Å². The summed E-state index contributed by atoms with van der Waals surface area (Å²) in [5, 5.41) is 6.44. The molecule has 2 aliphatic rings. The number of carbonyl (C=O) groups is 1. The minimum Gasteiger partial charge on any atom is -0.491 e. The van der Waals surface area contributed by atoms with Gasteiger partial charge in [0.25, 0.3) is 5.91 Å². The molecular weight excluding hydrogens is 314 g/mol. The summed E-state index contributed by atoms with van der Waals surface area (Å²) in [5.41, 5.74) is 4.06. The van der Waals surface area contributed by atoms with E-state index in [1.165, 1.54) is 5.56 Å². The number of nitrogens with one attached hydrogen (secondary N) is 2. The van der Waals surface area contributed by atoms with Crippen molar-refractivity contribution in [2.75, 3.05) is 11.9 Å². The molecular formula is C20H23N3O2. The van der Waals surface area contributed by atoms with Crippen LogP contribution in [0.4, 0.5) is 5.82 Å². The van der Waals surface area contributed by atoms with Gasteiger partial charge in [-0.2, -0.15) is 0 Å². The molecule has 2 aromatic rings. The number of carbonyl (C=O) groups excluding carboxylic acids is 1. The van der Waals surface area contributed by atoms with Crippen molar-refractivity contribution in [3.63, 3.8) is 0 Å². The lowest BCUT2D eigenvalue weighted by atomic mass is 9.99. The molecule has 2 N–H and O–H groups in total. The maximum Gasteiger partial charge on any atom is 0.253 e. The lowest BCUT2D eigenvalue weighted by molar-refractivity contribution is 0.0915. The Bertz CT molecular complexity index is 819. The number of fused-ring (bicyclic) bond motifs is 2. The Kier molecular flexibility index (Phi) is 4.07. The second kappa shape index (κ2) is 6.39. The van der Waals surface area contributed by atoms with E-state index in [1.807, 2.05) is 6.07 Å². The third-order valence-corrected chi connectivity index (χ3v) is 4.92. The van der Waals surface area contributed by atoms with E-state index in [0.29, 0.717) is 18.2 Å². The molecule has 1 aromatic carbocycles. The van der Waals surface area contributed by atoms with Crippen LogP contribution in [0.1, 0.15) is 40.4 Å². The molecule has 3 heterocycles. The van der Waals surface area contributed by atoms with Crippen LogP contribution in [0.3, 0.4) is 0 Å². The molecule has 2 atom stereocenters. The molecule has 4 rings (SSSR count). The Morgan fingerprint density at radius 2 is 2.20 bits per heavy atom. The Morgan fingerprint density at radius 1 is 1.32 bits per heavy atom. The maximum atomic E-state index is 12.6. The molecule has 0 radical (unpaired) electrons.